The highest BCUT2D eigenvalue weighted by atomic mass is 35.5. The second-order valence-electron chi connectivity index (χ2n) is 5.92. The first-order valence-corrected chi connectivity index (χ1v) is 8.09. The van der Waals surface area contributed by atoms with E-state index in [0.29, 0.717) is 11.6 Å². The van der Waals surface area contributed by atoms with Gasteiger partial charge in [-0.15, -0.1) is 12.4 Å². The first kappa shape index (κ1) is 17.7. The number of halogens is 1. The van der Waals surface area contributed by atoms with Crippen molar-refractivity contribution in [3.63, 3.8) is 0 Å². The fourth-order valence-electron chi connectivity index (χ4n) is 2.81. The van der Waals surface area contributed by atoms with Gasteiger partial charge in [0.15, 0.2) is 0 Å². The Morgan fingerprint density at radius 2 is 1.58 bits per heavy atom. The van der Waals surface area contributed by atoms with Gasteiger partial charge in [0.25, 0.3) is 0 Å². The van der Waals surface area contributed by atoms with E-state index < -0.39 is 0 Å². The Hall–Kier alpha value is -3.11. The number of para-hydroxylation sites is 2. The van der Waals surface area contributed by atoms with Gasteiger partial charge < -0.3 is 10.4 Å². The van der Waals surface area contributed by atoms with Gasteiger partial charge in [-0.3, -0.25) is 0 Å². The second kappa shape index (κ2) is 7.42. The molecule has 0 bridgehead atoms. The Morgan fingerprint density at radius 3 is 2.35 bits per heavy atom. The molecule has 0 spiro atoms. The zero-order valence-electron chi connectivity index (χ0n) is 14.2. The molecule has 4 nitrogen and oxygen atoms in total. The van der Waals surface area contributed by atoms with E-state index in [1.807, 2.05) is 48.5 Å². The molecule has 26 heavy (non-hydrogen) atoms. The predicted molar refractivity (Wildman–Crippen MR) is 108 cm³/mol. The van der Waals surface area contributed by atoms with E-state index >= 15 is 0 Å². The highest BCUT2D eigenvalue weighted by Crippen LogP contribution is 2.30. The van der Waals surface area contributed by atoms with Crippen LogP contribution in [0, 0.1) is 6.92 Å². The number of phenolic OH excluding ortho intramolecular Hbond substituents is 1. The van der Waals surface area contributed by atoms with Crippen LogP contribution in [-0.2, 0) is 0 Å². The minimum absolute atomic E-state index is 0. The van der Waals surface area contributed by atoms with Gasteiger partial charge in [0, 0.05) is 10.9 Å². The van der Waals surface area contributed by atoms with Gasteiger partial charge in [-0.2, -0.15) is 0 Å². The molecule has 1 heterocycles. The minimum atomic E-state index is 0. The largest absolute Gasteiger partial charge is 0.506 e. The first-order chi connectivity index (χ1) is 12.2. The molecule has 130 valence electrons. The number of anilines is 2. The van der Waals surface area contributed by atoms with Crippen LogP contribution >= 0.6 is 12.4 Å². The average molecular weight is 364 g/mol. The number of phenols is 1. The van der Waals surface area contributed by atoms with Crippen LogP contribution in [0.25, 0.3) is 22.2 Å². The van der Waals surface area contributed by atoms with Crippen molar-refractivity contribution in [2.24, 2.45) is 0 Å². The van der Waals surface area contributed by atoms with Crippen LogP contribution < -0.4 is 5.32 Å². The van der Waals surface area contributed by atoms with Gasteiger partial charge in [-0.1, -0.05) is 54.1 Å². The normalized spacial score (nSPS) is 10.3. The number of aromatic nitrogens is 2. The third-order valence-electron chi connectivity index (χ3n) is 4.05. The number of aryl methyl sites for hydroxylation is 1. The number of aromatic hydroxyl groups is 1. The molecule has 0 aliphatic rings. The van der Waals surface area contributed by atoms with Crippen molar-refractivity contribution in [1.29, 1.82) is 0 Å². The van der Waals surface area contributed by atoms with Crippen molar-refractivity contribution in [1.82, 2.24) is 9.97 Å². The van der Waals surface area contributed by atoms with Crippen LogP contribution in [0.5, 0.6) is 5.75 Å². The summed E-state index contributed by atoms with van der Waals surface area (Å²) in [6.45, 7) is 2.06. The van der Waals surface area contributed by atoms with Crippen LogP contribution in [0.4, 0.5) is 11.6 Å². The van der Waals surface area contributed by atoms with E-state index in [2.05, 4.69) is 23.3 Å². The SMILES string of the molecule is Cc1ccc2nc(Nc3ccccc3O)nc(-c3ccccc3)c2c1.Cl. The van der Waals surface area contributed by atoms with Crippen LogP contribution in [0.3, 0.4) is 0 Å². The summed E-state index contributed by atoms with van der Waals surface area (Å²) in [4.78, 5) is 9.32. The molecular weight excluding hydrogens is 346 g/mol. The number of nitrogens with one attached hydrogen (secondary N) is 1. The summed E-state index contributed by atoms with van der Waals surface area (Å²) in [6, 6.07) is 23.2. The smallest absolute Gasteiger partial charge is 0.228 e. The van der Waals surface area contributed by atoms with Crippen molar-refractivity contribution < 1.29 is 5.11 Å². The van der Waals surface area contributed by atoms with Crippen LogP contribution in [0.1, 0.15) is 5.56 Å². The van der Waals surface area contributed by atoms with Gasteiger partial charge in [0.2, 0.25) is 5.95 Å². The molecule has 0 saturated heterocycles. The van der Waals surface area contributed by atoms with E-state index in [1.165, 1.54) is 0 Å². The number of nitrogens with zero attached hydrogens (tertiary/aromatic N) is 2. The number of rotatable bonds is 3. The van der Waals surface area contributed by atoms with Gasteiger partial charge >= 0.3 is 0 Å². The molecule has 4 rings (SSSR count). The standard InChI is InChI=1S/C21H17N3O.ClH/c1-14-11-12-17-16(13-14)20(15-7-3-2-4-8-15)24-21(22-17)23-18-9-5-6-10-19(18)25;/h2-13,25H,1H3,(H,22,23,24);1H. The first-order valence-electron chi connectivity index (χ1n) is 8.09. The molecule has 3 aromatic carbocycles. The van der Waals surface area contributed by atoms with Crippen molar-refractivity contribution in [2.75, 3.05) is 5.32 Å². The summed E-state index contributed by atoms with van der Waals surface area (Å²) in [5.74, 6) is 0.619. The average Bonchev–Trinajstić information content (AvgIpc) is 2.64. The van der Waals surface area contributed by atoms with E-state index in [0.717, 1.165) is 27.7 Å². The zero-order valence-corrected chi connectivity index (χ0v) is 15.0. The fourth-order valence-corrected chi connectivity index (χ4v) is 2.81. The maximum absolute atomic E-state index is 9.99. The molecule has 4 aromatic rings. The summed E-state index contributed by atoms with van der Waals surface area (Å²) in [7, 11) is 0. The molecule has 0 amide bonds. The summed E-state index contributed by atoms with van der Waals surface area (Å²) >= 11 is 0. The maximum Gasteiger partial charge on any atom is 0.228 e. The third kappa shape index (κ3) is 3.46. The topological polar surface area (TPSA) is 58.0 Å². The van der Waals surface area contributed by atoms with Gasteiger partial charge in [-0.25, -0.2) is 9.97 Å². The predicted octanol–water partition coefficient (Wildman–Crippen LogP) is 5.48. The van der Waals surface area contributed by atoms with Crippen molar-refractivity contribution in [2.45, 2.75) is 6.92 Å². The Labute approximate surface area is 158 Å². The molecule has 1 aromatic heterocycles. The highest BCUT2D eigenvalue weighted by molar-refractivity contribution is 5.93. The van der Waals surface area contributed by atoms with Gasteiger partial charge in [-0.05, 0) is 31.2 Å². The lowest BCUT2D eigenvalue weighted by Gasteiger charge is -2.11. The van der Waals surface area contributed by atoms with Crippen molar-refractivity contribution >= 4 is 34.9 Å². The molecular formula is C21H18ClN3O. The zero-order chi connectivity index (χ0) is 17.2. The lowest BCUT2D eigenvalue weighted by atomic mass is 10.0. The highest BCUT2D eigenvalue weighted by Gasteiger charge is 2.11. The molecule has 0 aliphatic carbocycles. The maximum atomic E-state index is 9.99. The van der Waals surface area contributed by atoms with Crippen molar-refractivity contribution in [3.8, 4) is 17.0 Å². The van der Waals surface area contributed by atoms with Crippen LogP contribution in [0.15, 0.2) is 72.8 Å². The Kier molecular flexibility index (Phi) is 5.05. The van der Waals surface area contributed by atoms with E-state index in [4.69, 9.17) is 4.98 Å². The third-order valence-corrected chi connectivity index (χ3v) is 4.05. The Morgan fingerprint density at radius 1 is 0.846 bits per heavy atom. The molecule has 0 unspecified atom stereocenters. The van der Waals surface area contributed by atoms with Crippen molar-refractivity contribution in [3.05, 3.63) is 78.4 Å². The van der Waals surface area contributed by atoms with Gasteiger partial charge in [0.05, 0.1) is 16.9 Å². The quantitative estimate of drug-likeness (QED) is 0.473. The summed E-state index contributed by atoms with van der Waals surface area (Å²) in [5, 5.41) is 14.1. The van der Waals surface area contributed by atoms with Gasteiger partial charge in [0.1, 0.15) is 5.75 Å². The minimum Gasteiger partial charge on any atom is -0.506 e. The number of hydrogen-bond acceptors (Lipinski definition) is 4. The number of benzene rings is 3. The molecule has 0 atom stereocenters. The summed E-state index contributed by atoms with van der Waals surface area (Å²) in [6.07, 6.45) is 0. The van der Waals surface area contributed by atoms with E-state index in [1.54, 1.807) is 18.2 Å². The molecule has 0 fully saturated rings. The van der Waals surface area contributed by atoms with Crippen LogP contribution in [-0.4, -0.2) is 15.1 Å². The Bertz CT molecular complexity index is 1050. The molecule has 5 heteroatoms. The van der Waals surface area contributed by atoms with E-state index in [9.17, 15) is 5.11 Å². The second-order valence-corrected chi connectivity index (χ2v) is 5.92. The summed E-state index contributed by atoms with van der Waals surface area (Å²) in [5.41, 5.74) is 4.49. The number of fused-ring (bicyclic) bond motifs is 1. The lowest BCUT2D eigenvalue weighted by molar-refractivity contribution is 0.477. The molecule has 0 aliphatic heterocycles. The fraction of sp³-hybridized carbons (Fsp3) is 0.0476. The molecule has 0 radical (unpaired) electrons. The summed E-state index contributed by atoms with van der Waals surface area (Å²) < 4.78 is 0. The molecule has 2 N–H and O–H groups in total. The lowest BCUT2D eigenvalue weighted by Crippen LogP contribution is -2.00. The Balaban J connectivity index is 0.00000196. The monoisotopic (exact) mass is 363 g/mol. The van der Waals surface area contributed by atoms with E-state index in [-0.39, 0.29) is 18.2 Å². The molecule has 0 saturated carbocycles. The number of hydrogen-bond donors (Lipinski definition) is 2. The van der Waals surface area contributed by atoms with Crippen LogP contribution in [0.2, 0.25) is 0 Å².